The van der Waals surface area contributed by atoms with E-state index in [2.05, 4.69) is 9.47 Å². The summed E-state index contributed by atoms with van der Waals surface area (Å²) in [6.07, 6.45) is -0.993. The average molecular weight is 175 g/mol. The Hall–Kier alpha value is -1.59. The second-order valence-electron chi connectivity index (χ2n) is 1.67. The zero-order chi connectivity index (χ0) is 9.56. The Morgan fingerprint density at radius 2 is 1.92 bits per heavy atom. The van der Waals surface area contributed by atoms with Crippen molar-refractivity contribution >= 4 is 18.0 Å². The maximum Gasteiger partial charge on any atom is 0.414 e. The third kappa shape index (κ3) is 3.55. The van der Waals surface area contributed by atoms with Gasteiger partial charge in [0.1, 0.15) is 0 Å². The lowest BCUT2D eigenvalue weighted by atomic mass is 10.6. The molecule has 0 heterocycles. The molecule has 1 N–H and O–H groups in total. The van der Waals surface area contributed by atoms with Gasteiger partial charge in [0.25, 0.3) is 0 Å². The van der Waals surface area contributed by atoms with Crippen molar-refractivity contribution in [1.29, 1.82) is 0 Å². The fraction of sp³-hybridized carbons (Fsp3) is 0.500. The predicted octanol–water partition coefficient (Wildman–Crippen LogP) is -0.568. The molecule has 0 aromatic heterocycles. The molecule has 0 aliphatic rings. The first-order chi connectivity index (χ1) is 5.61. The highest BCUT2D eigenvalue weighted by atomic mass is 16.6. The Balaban J connectivity index is 3.87. The summed E-state index contributed by atoms with van der Waals surface area (Å²) in [7, 11) is 1.08. The van der Waals surface area contributed by atoms with Crippen LogP contribution in [0.3, 0.4) is 0 Å². The van der Waals surface area contributed by atoms with Gasteiger partial charge in [-0.15, -0.1) is 0 Å². The molecule has 0 aromatic carbocycles. The third-order valence-corrected chi connectivity index (χ3v) is 0.862. The summed E-state index contributed by atoms with van der Waals surface area (Å²) in [5.74, 6) is -2.24. The molecule has 2 amide bonds. The van der Waals surface area contributed by atoms with Crippen LogP contribution in [0.25, 0.3) is 0 Å². The van der Waals surface area contributed by atoms with Gasteiger partial charge in [0, 0.05) is 0 Å². The number of nitrogens with one attached hydrogen (secondary N) is 1. The number of alkyl carbamates (subject to hydrolysis) is 1. The van der Waals surface area contributed by atoms with Gasteiger partial charge >= 0.3 is 18.0 Å². The highest BCUT2D eigenvalue weighted by Gasteiger charge is 2.17. The zero-order valence-electron chi connectivity index (χ0n) is 6.75. The number of imide groups is 1. The zero-order valence-corrected chi connectivity index (χ0v) is 6.75. The SMILES string of the molecule is CCOC(=O)C(=O)NC(=O)OC. The van der Waals surface area contributed by atoms with Crippen LogP contribution in [0.2, 0.25) is 0 Å². The first-order valence-corrected chi connectivity index (χ1v) is 3.17. The molecule has 0 fully saturated rings. The van der Waals surface area contributed by atoms with Crippen LogP contribution in [0.4, 0.5) is 4.79 Å². The van der Waals surface area contributed by atoms with Crippen LogP contribution in [-0.4, -0.2) is 31.7 Å². The van der Waals surface area contributed by atoms with Crippen LogP contribution in [-0.2, 0) is 19.1 Å². The highest BCUT2D eigenvalue weighted by molar-refractivity contribution is 6.35. The van der Waals surface area contributed by atoms with Crippen molar-refractivity contribution in [1.82, 2.24) is 5.32 Å². The summed E-state index contributed by atoms with van der Waals surface area (Å²) in [6.45, 7) is 1.62. The van der Waals surface area contributed by atoms with Crippen molar-refractivity contribution in [3.05, 3.63) is 0 Å². The van der Waals surface area contributed by atoms with Crippen LogP contribution in [0, 0.1) is 0 Å². The van der Waals surface area contributed by atoms with Crippen molar-refractivity contribution in [3.8, 4) is 0 Å². The maximum absolute atomic E-state index is 10.6. The van der Waals surface area contributed by atoms with Crippen molar-refractivity contribution in [2.75, 3.05) is 13.7 Å². The van der Waals surface area contributed by atoms with E-state index in [-0.39, 0.29) is 6.61 Å². The van der Waals surface area contributed by atoms with Crippen LogP contribution in [0.15, 0.2) is 0 Å². The molecule has 0 spiro atoms. The Morgan fingerprint density at radius 1 is 1.33 bits per heavy atom. The van der Waals surface area contributed by atoms with Crippen molar-refractivity contribution < 1.29 is 23.9 Å². The highest BCUT2D eigenvalue weighted by Crippen LogP contribution is 1.79. The van der Waals surface area contributed by atoms with E-state index in [0.29, 0.717) is 0 Å². The number of carbonyl (C=O) groups is 3. The molecular formula is C6H9NO5. The van der Waals surface area contributed by atoms with Crippen molar-refractivity contribution in [2.24, 2.45) is 0 Å². The minimum absolute atomic E-state index is 0.0768. The van der Waals surface area contributed by atoms with Gasteiger partial charge in [-0.3, -0.25) is 10.1 Å². The largest absolute Gasteiger partial charge is 0.459 e. The monoisotopic (exact) mass is 175 g/mol. The first kappa shape index (κ1) is 10.4. The average Bonchev–Trinajstić information content (AvgIpc) is 2.04. The summed E-state index contributed by atoms with van der Waals surface area (Å²) in [4.78, 5) is 31.5. The van der Waals surface area contributed by atoms with E-state index in [1.54, 1.807) is 12.2 Å². The fourth-order valence-electron chi connectivity index (χ4n) is 0.391. The number of carbonyl (C=O) groups excluding carboxylic acids is 3. The molecule has 0 bridgehead atoms. The molecule has 0 unspecified atom stereocenters. The van der Waals surface area contributed by atoms with E-state index in [0.717, 1.165) is 7.11 Å². The predicted molar refractivity (Wildman–Crippen MR) is 37.2 cm³/mol. The molecule has 0 saturated carbocycles. The van der Waals surface area contributed by atoms with Crippen LogP contribution < -0.4 is 5.32 Å². The van der Waals surface area contributed by atoms with Gasteiger partial charge in [-0.05, 0) is 6.92 Å². The van der Waals surface area contributed by atoms with E-state index >= 15 is 0 Å². The summed E-state index contributed by atoms with van der Waals surface area (Å²) < 4.78 is 8.36. The van der Waals surface area contributed by atoms with E-state index in [1.165, 1.54) is 0 Å². The standard InChI is InChI=1S/C6H9NO5/c1-3-12-5(9)4(8)7-6(10)11-2/h3H2,1-2H3,(H,7,8,10). The summed E-state index contributed by atoms with van der Waals surface area (Å²) in [5.41, 5.74) is 0. The van der Waals surface area contributed by atoms with E-state index < -0.39 is 18.0 Å². The summed E-state index contributed by atoms with van der Waals surface area (Å²) >= 11 is 0. The summed E-state index contributed by atoms with van der Waals surface area (Å²) in [6, 6.07) is 0. The van der Waals surface area contributed by atoms with E-state index in [9.17, 15) is 14.4 Å². The van der Waals surface area contributed by atoms with Gasteiger partial charge in [0.15, 0.2) is 0 Å². The molecule has 6 nitrogen and oxygen atoms in total. The molecule has 0 aliphatic heterocycles. The molecule has 0 atom stereocenters. The molecule has 0 saturated heterocycles. The first-order valence-electron chi connectivity index (χ1n) is 3.17. The van der Waals surface area contributed by atoms with Gasteiger partial charge in [0.2, 0.25) is 0 Å². The minimum atomic E-state index is -1.14. The van der Waals surface area contributed by atoms with Gasteiger partial charge in [-0.2, -0.15) is 0 Å². The minimum Gasteiger partial charge on any atom is -0.459 e. The topological polar surface area (TPSA) is 81.7 Å². The fourth-order valence-corrected chi connectivity index (χ4v) is 0.391. The Morgan fingerprint density at radius 3 is 2.33 bits per heavy atom. The number of rotatable bonds is 1. The van der Waals surface area contributed by atoms with Crippen LogP contribution >= 0.6 is 0 Å². The molecule has 12 heavy (non-hydrogen) atoms. The lowest BCUT2D eigenvalue weighted by Gasteiger charge is -2.00. The van der Waals surface area contributed by atoms with E-state index in [4.69, 9.17) is 0 Å². The Kier molecular flexibility index (Phi) is 4.43. The maximum atomic E-state index is 10.6. The third-order valence-electron chi connectivity index (χ3n) is 0.862. The molecule has 0 rings (SSSR count). The van der Waals surface area contributed by atoms with Crippen molar-refractivity contribution in [3.63, 3.8) is 0 Å². The quantitative estimate of drug-likeness (QED) is 0.426. The summed E-state index contributed by atoms with van der Waals surface area (Å²) in [5, 5.41) is 1.64. The number of methoxy groups -OCH3 is 1. The van der Waals surface area contributed by atoms with Gasteiger partial charge in [-0.1, -0.05) is 0 Å². The molecule has 6 heteroatoms. The Labute approximate surface area is 68.8 Å². The number of esters is 1. The number of ether oxygens (including phenoxy) is 2. The lowest BCUT2D eigenvalue weighted by Crippen LogP contribution is -2.36. The van der Waals surface area contributed by atoms with Gasteiger partial charge in [0.05, 0.1) is 13.7 Å². The molecule has 0 aromatic rings. The van der Waals surface area contributed by atoms with Crippen molar-refractivity contribution in [2.45, 2.75) is 6.92 Å². The lowest BCUT2D eigenvalue weighted by molar-refractivity contribution is -0.154. The second-order valence-corrected chi connectivity index (χ2v) is 1.67. The second kappa shape index (κ2) is 5.11. The Bertz CT molecular complexity index is 200. The molecule has 68 valence electrons. The van der Waals surface area contributed by atoms with Crippen LogP contribution in [0.1, 0.15) is 6.92 Å². The number of amides is 2. The molecule has 0 radical (unpaired) electrons. The molecule has 0 aliphatic carbocycles. The van der Waals surface area contributed by atoms with Gasteiger partial charge in [-0.25, -0.2) is 9.59 Å². The number of hydrogen-bond donors (Lipinski definition) is 1. The van der Waals surface area contributed by atoms with Crippen LogP contribution in [0.5, 0.6) is 0 Å². The van der Waals surface area contributed by atoms with Gasteiger partial charge < -0.3 is 9.47 Å². The number of hydrogen-bond acceptors (Lipinski definition) is 5. The molecular weight excluding hydrogens is 166 g/mol. The smallest absolute Gasteiger partial charge is 0.414 e. The normalized spacial score (nSPS) is 8.50. The van der Waals surface area contributed by atoms with E-state index in [1.807, 2.05) is 0 Å².